The molecule has 33 heavy (non-hydrogen) atoms. The Morgan fingerprint density at radius 1 is 1.21 bits per heavy atom. The van der Waals surface area contributed by atoms with Gasteiger partial charge in [0.05, 0.1) is 12.1 Å². The van der Waals surface area contributed by atoms with Crippen LogP contribution in [0.15, 0.2) is 47.4 Å². The molecule has 8 heteroatoms. The monoisotopic (exact) mass is 456 g/mol. The number of benzene rings is 1. The number of nitrogens with one attached hydrogen (secondary N) is 1. The Morgan fingerprint density at radius 3 is 2.55 bits per heavy atom. The minimum Gasteiger partial charge on any atom is -0.365 e. The number of carbonyl (C=O) groups is 2. The number of amides is 2. The second kappa shape index (κ2) is 11.7. The number of halogens is 1. The van der Waals surface area contributed by atoms with Crippen LogP contribution in [0.2, 0.25) is 0 Å². The number of likely N-dealkylation sites (tertiary alicyclic amines) is 1. The van der Waals surface area contributed by atoms with Crippen molar-refractivity contribution in [3.05, 3.63) is 69.6 Å². The van der Waals surface area contributed by atoms with Crippen LogP contribution in [0.25, 0.3) is 0 Å². The molecule has 2 aromatic rings. The first-order chi connectivity index (χ1) is 15.8. The van der Waals surface area contributed by atoms with Crippen LogP contribution in [-0.4, -0.2) is 53.6 Å². The average molecular weight is 457 g/mol. The number of nitrogens with two attached hydrogens (primary N) is 1. The summed E-state index contributed by atoms with van der Waals surface area (Å²) in [6, 6.07) is 10.6. The lowest BCUT2D eigenvalue weighted by atomic mass is 9.92. The molecule has 0 aliphatic carbocycles. The minimum atomic E-state index is -0.857. The lowest BCUT2D eigenvalue weighted by Crippen LogP contribution is -2.37. The molecule has 1 saturated heterocycles. The van der Waals surface area contributed by atoms with Crippen molar-refractivity contribution in [2.45, 2.75) is 45.3 Å². The van der Waals surface area contributed by atoms with Gasteiger partial charge >= 0.3 is 0 Å². The van der Waals surface area contributed by atoms with E-state index >= 15 is 0 Å². The molecule has 0 spiro atoms. The Hall–Kier alpha value is -3.00. The van der Waals surface area contributed by atoms with Crippen molar-refractivity contribution in [3.63, 3.8) is 0 Å². The molecule has 1 aromatic heterocycles. The van der Waals surface area contributed by atoms with Gasteiger partial charge in [-0.05, 0) is 63.2 Å². The van der Waals surface area contributed by atoms with Crippen molar-refractivity contribution >= 4 is 11.8 Å². The molecular formula is C25H33FN4O3. The van der Waals surface area contributed by atoms with E-state index in [0.717, 1.165) is 44.3 Å². The first kappa shape index (κ1) is 24.6. The maximum Gasteiger partial charge on any atom is 0.263 e. The highest BCUT2D eigenvalue weighted by Crippen LogP contribution is 2.22. The van der Waals surface area contributed by atoms with Gasteiger partial charge in [-0.1, -0.05) is 30.3 Å². The summed E-state index contributed by atoms with van der Waals surface area (Å²) in [4.78, 5) is 39.3. The Morgan fingerprint density at radius 2 is 1.91 bits per heavy atom. The van der Waals surface area contributed by atoms with Gasteiger partial charge < -0.3 is 20.5 Å². The SMILES string of the molecule is CC(F)CN1CCC(CCCNC(=O)c2cc(C(N)=O)c(=O)n(Cc3ccccc3)c2)CC1. The van der Waals surface area contributed by atoms with Gasteiger partial charge in [-0.25, -0.2) is 4.39 Å². The first-order valence-corrected chi connectivity index (χ1v) is 11.6. The highest BCUT2D eigenvalue weighted by Gasteiger charge is 2.20. The molecule has 1 fully saturated rings. The van der Waals surface area contributed by atoms with Crippen molar-refractivity contribution in [2.24, 2.45) is 11.7 Å². The number of hydrogen-bond acceptors (Lipinski definition) is 4. The highest BCUT2D eigenvalue weighted by atomic mass is 19.1. The molecule has 2 heterocycles. The summed E-state index contributed by atoms with van der Waals surface area (Å²) < 4.78 is 14.5. The van der Waals surface area contributed by atoms with Gasteiger partial charge in [-0.2, -0.15) is 0 Å². The molecule has 3 rings (SSSR count). The van der Waals surface area contributed by atoms with E-state index in [4.69, 9.17) is 5.73 Å². The zero-order chi connectivity index (χ0) is 23.8. The largest absolute Gasteiger partial charge is 0.365 e. The van der Waals surface area contributed by atoms with Crippen molar-refractivity contribution in [3.8, 4) is 0 Å². The maximum atomic E-state index is 13.1. The fraction of sp³-hybridized carbons (Fsp3) is 0.480. The molecule has 0 bridgehead atoms. The predicted molar refractivity (Wildman–Crippen MR) is 126 cm³/mol. The second-order valence-corrected chi connectivity index (χ2v) is 8.85. The second-order valence-electron chi connectivity index (χ2n) is 8.85. The number of nitrogens with zero attached hydrogens (tertiary/aromatic N) is 2. The lowest BCUT2D eigenvalue weighted by molar-refractivity contribution is 0.0950. The van der Waals surface area contributed by atoms with Gasteiger partial charge in [0.25, 0.3) is 17.4 Å². The van der Waals surface area contributed by atoms with E-state index in [9.17, 15) is 18.8 Å². The van der Waals surface area contributed by atoms with Gasteiger partial charge in [0.15, 0.2) is 0 Å². The highest BCUT2D eigenvalue weighted by molar-refractivity contribution is 5.98. The molecular weight excluding hydrogens is 423 g/mol. The van der Waals surface area contributed by atoms with Gasteiger partial charge in [-0.15, -0.1) is 0 Å². The van der Waals surface area contributed by atoms with Crippen LogP contribution in [0.3, 0.4) is 0 Å². The van der Waals surface area contributed by atoms with Gasteiger partial charge in [0.2, 0.25) is 0 Å². The summed E-state index contributed by atoms with van der Waals surface area (Å²) in [6.07, 6.45) is 4.61. The number of pyridine rings is 1. The van der Waals surface area contributed by atoms with E-state index in [2.05, 4.69) is 10.2 Å². The van der Waals surface area contributed by atoms with Crippen LogP contribution in [0.1, 0.15) is 58.9 Å². The van der Waals surface area contributed by atoms with Crippen LogP contribution in [-0.2, 0) is 6.54 Å². The van der Waals surface area contributed by atoms with Crippen LogP contribution < -0.4 is 16.6 Å². The van der Waals surface area contributed by atoms with Crippen LogP contribution >= 0.6 is 0 Å². The summed E-state index contributed by atoms with van der Waals surface area (Å²) in [5.74, 6) is -0.613. The summed E-state index contributed by atoms with van der Waals surface area (Å²) in [7, 11) is 0. The lowest BCUT2D eigenvalue weighted by Gasteiger charge is -2.32. The normalized spacial score (nSPS) is 15.8. The number of hydrogen-bond donors (Lipinski definition) is 2. The smallest absolute Gasteiger partial charge is 0.263 e. The summed E-state index contributed by atoms with van der Waals surface area (Å²) in [5.41, 5.74) is 5.76. The Balaban J connectivity index is 1.55. The van der Waals surface area contributed by atoms with E-state index in [-0.39, 0.29) is 23.6 Å². The number of alkyl halides is 1. The van der Waals surface area contributed by atoms with Gasteiger partial charge in [-0.3, -0.25) is 14.4 Å². The number of carbonyl (C=O) groups excluding carboxylic acids is 2. The van der Waals surface area contributed by atoms with Crippen LogP contribution in [0.4, 0.5) is 4.39 Å². The molecule has 7 nitrogen and oxygen atoms in total. The number of rotatable bonds is 10. The molecule has 178 valence electrons. The van der Waals surface area contributed by atoms with E-state index in [0.29, 0.717) is 19.0 Å². The maximum absolute atomic E-state index is 13.1. The Kier molecular flexibility index (Phi) is 8.77. The summed E-state index contributed by atoms with van der Waals surface area (Å²) in [5, 5.41) is 2.88. The minimum absolute atomic E-state index is 0.201. The van der Waals surface area contributed by atoms with Gasteiger partial charge in [0.1, 0.15) is 11.7 Å². The molecule has 2 amide bonds. The summed E-state index contributed by atoms with van der Waals surface area (Å²) >= 11 is 0. The third-order valence-electron chi connectivity index (χ3n) is 6.10. The quantitative estimate of drug-likeness (QED) is 0.537. The van der Waals surface area contributed by atoms with Crippen molar-refractivity contribution in [2.75, 3.05) is 26.2 Å². The number of aromatic nitrogens is 1. The molecule has 0 radical (unpaired) electrons. The van der Waals surface area contributed by atoms with E-state index in [1.165, 1.54) is 16.8 Å². The average Bonchev–Trinajstić information content (AvgIpc) is 2.79. The van der Waals surface area contributed by atoms with Gasteiger partial charge in [0, 0.05) is 19.3 Å². The molecule has 1 unspecified atom stereocenters. The van der Waals surface area contributed by atoms with E-state index < -0.39 is 17.6 Å². The number of primary amides is 1. The van der Waals surface area contributed by atoms with E-state index in [1.54, 1.807) is 6.92 Å². The van der Waals surface area contributed by atoms with Crippen molar-refractivity contribution in [1.29, 1.82) is 0 Å². The first-order valence-electron chi connectivity index (χ1n) is 11.6. The molecule has 1 aliphatic heterocycles. The Bertz CT molecular complexity index is 998. The zero-order valence-corrected chi connectivity index (χ0v) is 19.1. The van der Waals surface area contributed by atoms with Crippen LogP contribution in [0.5, 0.6) is 0 Å². The topological polar surface area (TPSA) is 97.4 Å². The van der Waals surface area contributed by atoms with E-state index in [1.807, 2.05) is 30.3 Å². The molecule has 0 saturated carbocycles. The third kappa shape index (κ3) is 7.25. The number of piperidine rings is 1. The van der Waals surface area contributed by atoms with Crippen LogP contribution in [0, 0.1) is 5.92 Å². The predicted octanol–water partition coefficient (Wildman–Crippen LogP) is 2.58. The van der Waals surface area contributed by atoms with Crippen molar-refractivity contribution in [1.82, 2.24) is 14.8 Å². The zero-order valence-electron chi connectivity index (χ0n) is 19.1. The third-order valence-corrected chi connectivity index (χ3v) is 6.10. The molecule has 3 N–H and O–H groups in total. The fourth-order valence-corrected chi connectivity index (χ4v) is 4.34. The molecule has 1 atom stereocenters. The molecule has 1 aliphatic rings. The summed E-state index contributed by atoms with van der Waals surface area (Å²) in [6.45, 7) is 4.68. The van der Waals surface area contributed by atoms with Crippen molar-refractivity contribution < 1.29 is 14.0 Å². The fourth-order valence-electron chi connectivity index (χ4n) is 4.34. The standard InChI is InChI=1S/C25H33FN4O3/c1-18(26)15-29-12-9-19(10-13-29)8-5-11-28-24(32)21-14-22(23(27)31)25(33)30(17-21)16-20-6-3-2-4-7-20/h2-4,6-7,14,17-19H,5,8-13,15-16H2,1H3,(H2,27,31)(H,28,32). The Labute approximate surface area is 193 Å². The molecule has 1 aromatic carbocycles.